The molecule has 1 aromatic rings. The number of carbonyl (C=O) groups is 1. The lowest BCUT2D eigenvalue weighted by atomic mass is 10.2. The minimum Gasteiger partial charge on any atom is -0.465 e. The van der Waals surface area contributed by atoms with Crippen LogP contribution in [-0.2, 0) is 20.5 Å². The number of halogens is 1. The molecular weight excluding hydrogens is 358 g/mol. The van der Waals surface area contributed by atoms with Gasteiger partial charge in [0.1, 0.15) is 6.54 Å². The molecule has 0 aromatic heterocycles. The number of hydrogen-bond donors (Lipinski definition) is 0. The highest BCUT2D eigenvalue weighted by Gasteiger charge is 2.23. The van der Waals surface area contributed by atoms with Crippen molar-refractivity contribution in [3.05, 3.63) is 52.2 Å². The summed E-state index contributed by atoms with van der Waals surface area (Å²) >= 11 is 6.10. The average Bonchev–Trinajstić information content (AvgIpc) is 2.57. The topological polar surface area (TPSA) is 46.6 Å². The van der Waals surface area contributed by atoms with Gasteiger partial charge in [0.25, 0.3) is 0 Å². The van der Waals surface area contributed by atoms with Crippen molar-refractivity contribution in [2.24, 2.45) is 0 Å². The first-order valence-electron chi connectivity index (χ1n) is 7.73. The molecule has 0 aliphatic rings. The molecule has 1 rings (SSSR count). The number of benzene rings is 1. The summed E-state index contributed by atoms with van der Waals surface area (Å²) < 4.78 is 19.5. The van der Waals surface area contributed by atoms with E-state index in [2.05, 4.69) is 5.92 Å². The zero-order chi connectivity index (χ0) is 19.0. The molecule has 0 bridgehead atoms. The highest BCUT2D eigenvalue weighted by molar-refractivity contribution is 7.82. The third-order valence-corrected chi connectivity index (χ3v) is 5.08. The molecule has 134 valence electrons. The van der Waals surface area contributed by atoms with Gasteiger partial charge >= 0.3 is 5.97 Å². The van der Waals surface area contributed by atoms with E-state index in [1.807, 2.05) is 19.1 Å². The number of carbonyl (C=O) groups excluding carboxylic acids is 1. The van der Waals surface area contributed by atoms with Crippen molar-refractivity contribution >= 4 is 28.6 Å². The van der Waals surface area contributed by atoms with E-state index in [0.29, 0.717) is 21.2 Å². The molecular formula is C19H22ClNO3S. The van der Waals surface area contributed by atoms with Gasteiger partial charge < -0.3 is 4.74 Å². The molecule has 0 aliphatic heterocycles. The number of hydrogen-bond acceptors (Lipinski definition) is 3. The van der Waals surface area contributed by atoms with Gasteiger partial charge in [0.05, 0.1) is 17.2 Å². The van der Waals surface area contributed by atoms with Crippen LogP contribution in [0.1, 0.15) is 26.3 Å². The molecule has 1 atom stereocenters. The second-order valence-corrected chi connectivity index (χ2v) is 7.24. The average molecular weight is 380 g/mol. The number of terminal acetylenes is 1. The summed E-state index contributed by atoms with van der Waals surface area (Å²) in [6.07, 6.45) is 6.87. The fourth-order valence-corrected chi connectivity index (χ4v) is 3.27. The third kappa shape index (κ3) is 6.08. The van der Waals surface area contributed by atoms with Crippen molar-refractivity contribution in [3.63, 3.8) is 0 Å². The Labute approximate surface area is 157 Å². The maximum absolute atomic E-state index is 13.1. The van der Waals surface area contributed by atoms with E-state index in [4.69, 9.17) is 22.8 Å². The Morgan fingerprint density at radius 2 is 1.96 bits per heavy atom. The predicted molar refractivity (Wildman–Crippen MR) is 102 cm³/mol. The molecule has 0 heterocycles. The third-order valence-electron chi connectivity index (χ3n) is 3.39. The van der Waals surface area contributed by atoms with Gasteiger partial charge in [-0.15, -0.1) is 6.42 Å². The Morgan fingerprint density at radius 1 is 1.36 bits per heavy atom. The van der Waals surface area contributed by atoms with E-state index in [0.717, 1.165) is 5.56 Å². The summed E-state index contributed by atoms with van der Waals surface area (Å²) in [4.78, 5) is 12.6. The molecule has 0 saturated heterocycles. The summed E-state index contributed by atoms with van der Waals surface area (Å²) in [5.41, 5.74) is 2.14. The Hall–Kier alpha value is -2.03. The summed E-state index contributed by atoms with van der Waals surface area (Å²) in [6.45, 7) is 7.15. The summed E-state index contributed by atoms with van der Waals surface area (Å²) in [6, 6.07) is 7.22. The second-order valence-electron chi connectivity index (χ2n) is 5.26. The van der Waals surface area contributed by atoms with Gasteiger partial charge in [0.2, 0.25) is 0 Å². The van der Waals surface area contributed by atoms with Gasteiger partial charge in [0.15, 0.2) is 11.0 Å². The molecule has 0 amide bonds. The standard InChI is InChI=1S/C19H22ClNO3S/c1-6-8-18(15(4)16(5)20)21(13-19(22)24-7-2)25(23)17-11-9-14(3)10-12-17/h1,8-12H,7,13H2,2-5H3/b16-15+,18-8+. The summed E-state index contributed by atoms with van der Waals surface area (Å²) in [5.74, 6) is 1.93. The first-order chi connectivity index (χ1) is 11.8. The number of rotatable bonds is 7. The highest BCUT2D eigenvalue weighted by atomic mass is 35.5. The van der Waals surface area contributed by atoms with Crippen LogP contribution in [-0.4, -0.2) is 27.6 Å². The van der Waals surface area contributed by atoms with Crippen molar-refractivity contribution in [2.75, 3.05) is 13.2 Å². The van der Waals surface area contributed by atoms with Crippen LogP contribution >= 0.6 is 11.6 Å². The number of ether oxygens (including phenoxy) is 1. The number of nitrogens with zero attached hydrogens (tertiary/aromatic N) is 1. The van der Waals surface area contributed by atoms with Crippen molar-refractivity contribution in [1.82, 2.24) is 4.31 Å². The van der Waals surface area contributed by atoms with E-state index in [-0.39, 0.29) is 13.2 Å². The van der Waals surface area contributed by atoms with E-state index < -0.39 is 17.0 Å². The molecule has 0 saturated carbocycles. The van der Waals surface area contributed by atoms with E-state index in [1.165, 1.54) is 10.4 Å². The Balaban J connectivity index is 3.36. The molecule has 1 unspecified atom stereocenters. The van der Waals surface area contributed by atoms with Crippen LogP contribution in [0.3, 0.4) is 0 Å². The normalized spacial score (nSPS) is 13.5. The number of aryl methyl sites for hydroxylation is 1. The molecule has 1 aromatic carbocycles. The van der Waals surface area contributed by atoms with E-state index in [1.54, 1.807) is 32.9 Å². The highest BCUT2D eigenvalue weighted by Crippen LogP contribution is 2.25. The first-order valence-corrected chi connectivity index (χ1v) is 9.21. The first kappa shape index (κ1) is 21.0. The predicted octanol–water partition coefficient (Wildman–Crippen LogP) is 3.93. The number of allylic oxidation sites excluding steroid dienone is 3. The van der Waals surface area contributed by atoms with Gasteiger partial charge in [-0.1, -0.05) is 35.2 Å². The van der Waals surface area contributed by atoms with Crippen molar-refractivity contribution in [1.29, 1.82) is 0 Å². The van der Waals surface area contributed by atoms with Gasteiger partial charge in [-0.05, 0) is 45.4 Å². The van der Waals surface area contributed by atoms with Crippen molar-refractivity contribution in [2.45, 2.75) is 32.6 Å². The van der Waals surface area contributed by atoms with Gasteiger partial charge in [-0.2, -0.15) is 0 Å². The van der Waals surface area contributed by atoms with Crippen LogP contribution in [0.2, 0.25) is 0 Å². The minimum absolute atomic E-state index is 0.205. The van der Waals surface area contributed by atoms with Crippen molar-refractivity contribution < 1.29 is 13.7 Å². The summed E-state index contributed by atoms with van der Waals surface area (Å²) in [5, 5.41) is 0.497. The zero-order valence-electron chi connectivity index (χ0n) is 14.8. The Kier molecular flexibility index (Phi) is 8.47. The fraction of sp³-hybridized carbons (Fsp3) is 0.316. The lowest BCUT2D eigenvalue weighted by Crippen LogP contribution is -2.33. The number of esters is 1. The smallest absolute Gasteiger partial charge is 0.326 e. The minimum atomic E-state index is -1.65. The Bertz CT molecular complexity index is 741. The molecule has 0 spiro atoms. The van der Waals surface area contributed by atoms with Crippen molar-refractivity contribution in [3.8, 4) is 12.3 Å². The van der Waals surface area contributed by atoms with Crippen LogP contribution in [0.25, 0.3) is 0 Å². The Morgan fingerprint density at radius 3 is 2.44 bits per heavy atom. The molecule has 0 radical (unpaired) electrons. The quantitative estimate of drug-likeness (QED) is 0.409. The van der Waals surface area contributed by atoms with E-state index >= 15 is 0 Å². The second kappa shape index (κ2) is 10.1. The molecule has 0 aliphatic carbocycles. The van der Waals surface area contributed by atoms with Crippen LogP contribution in [0.15, 0.2) is 51.5 Å². The van der Waals surface area contributed by atoms with Crippen LogP contribution in [0, 0.1) is 19.3 Å². The van der Waals surface area contributed by atoms with Crippen LogP contribution in [0.4, 0.5) is 0 Å². The summed E-state index contributed by atoms with van der Waals surface area (Å²) in [7, 11) is -1.65. The lowest BCUT2D eigenvalue weighted by molar-refractivity contribution is -0.142. The fourth-order valence-electron chi connectivity index (χ4n) is 1.96. The SMILES string of the molecule is C#C/C=C(\C(C)=C(/C)Cl)N(CC(=O)OCC)S(=O)c1ccc(C)cc1. The molecule has 0 fully saturated rings. The molecule has 6 heteroatoms. The van der Waals surface area contributed by atoms with Gasteiger partial charge in [-0.3, -0.25) is 9.10 Å². The monoisotopic (exact) mass is 379 g/mol. The van der Waals surface area contributed by atoms with Crippen LogP contribution < -0.4 is 0 Å². The molecule has 4 nitrogen and oxygen atoms in total. The van der Waals surface area contributed by atoms with Gasteiger partial charge in [0, 0.05) is 11.1 Å². The van der Waals surface area contributed by atoms with Crippen LogP contribution in [0.5, 0.6) is 0 Å². The maximum atomic E-state index is 13.1. The largest absolute Gasteiger partial charge is 0.465 e. The lowest BCUT2D eigenvalue weighted by Gasteiger charge is -2.26. The molecule has 0 N–H and O–H groups in total. The molecule has 25 heavy (non-hydrogen) atoms. The van der Waals surface area contributed by atoms with Gasteiger partial charge in [-0.25, -0.2) is 4.21 Å². The maximum Gasteiger partial charge on any atom is 0.326 e. The zero-order valence-corrected chi connectivity index (χ0v) is 16.4. The van der Waals surface area contributed by atoms with E-state index in [9.17, 15) is 9.00 Å².